The van der Waals surface area contributed by atoms with Crippen LogP contribution in [0.3, 0.4) is 0 Å². The van der Waals surface area contributed by atoms with Gasteiger partial charge in [-0.25, -0.2) is 0 Å². The molecule has 1 aliphatic carbocycles. The van der Waals surface area contributed by atoms with Crippen LogP contribution >= 0.6 is 0 Å². The molecule has 0 unspecified atom stereocenters. The number of hydrogen-bond donors (Lipinski definition) is 1. The number of nitrogens with zero attached hydrogens (tertiary/aromatic N) is 2. The lowest BCUT2D eigenvalue weighted by molar-refractivity contribution is 0.0928. The van der Waals surface area contributed by atoms with Crippen LogP contribution in [-0.2, 0) is 5.41 Å². The minimum Gasteiger partial charge on any atom is -0.416 e. The predicted molar refractivity (Wildman–Crippen MR) is 119 cm³/mol. The van der Waals surface area contributed by atoms with Gasteiger partial charge in [0.2, 0.25) is 11.8 Å². The Hall–Kier alpha value is -3.73. The first-order valence-corrected chi connectivity index (χ1v) is 10.6. The summed E-state index contributed by atoms with van der Waals surface area (Å²) in [4.78, 5) is 12.7. The molecule has 1 fully saturated rings. The summed E-state index contributed by atoms with van der Waals surface area (Å²) in [6.07, 6.45) is 3.42. The minimum absolute atomic E-state index is 0.0639. The van der Waals surface area contributed by atoms with Crippen molar-refractivity contribution in [1.29, 1.82) is 0 Å². The van der Waals surface area contributed by atoms with Crippen molar-refractivity contribution < 1.29 is 9.21 Å². The summed E-state index contributed by atoms with van der Waals surface area (Å²) in [5.74, 6) is 0.844. The summed E-state index contributed by atoms with van der Waals surface area (Å²) in [6, 6.07) is 27.4. The fraction of sp³-hybridized carbons (Fsp3) is 0.192. The van der Waals surface area contributed by atoms with E-state index in [9.17, 15) is 4.79 Å². The van der Waals surface area contributed by atoms with Crippen molar-refractivity contribution in [3.05, 3.63) is 96.1 Å². The molecule has 31 heavy (non-hydrogen) atoms. The van der Waals surface area contributed by atoms with E-state index in [0.29, 0.717) is 23.9 Å². The molecule has 0 saturated heterocycles. The van der Waals surface area contributed by atoms with E-state index in [1.54, 1.807) is 12.1 Å². The maximum Gasteiger partial charge on any atom is 0.251 e. The molecule has 1 aliphatic rings. The molecule has 0 radical (unpaired) electrons. The van der Waals surface area contributed by atoms with Gasteiger partial charge in [0.15, 0.2) is 0 Å². The third-order valence-corrected chi connectivity index (χ3v) is 6.12. The topological polar surface area (TPSA) is 68.0 Å². The van der Waals surface area contributed by atoms with Gasteiger partial charge in [-0.2, -0.15) is 0 Å². The van der Waals surface area contributed by atoms with E-state index < -0.39 is 0 Å². The van der Waals surface area contributed by atoms with Crippen LogP contribution < -0.4 is 5.32 Å². The Bertz CT molecular complexity index is 1160. The van der Waals surface area contributed by atoms with E-state index >= 15 is 0 Å². The molecule has 1 aromatic heterocycles. The van der Waals surface area contributed by atoms with Gasteiger partial charge in [-0.1, -0.05) is 55.0 Å². The molecular weight excluding hydrogens is 386 g/mol. The molecule has 0 aliphatic heterocycles. The molecular formula is C26H23N3O2. The molecule has 5 rings (SSSR count). The summed E-state index contributed by atoms with van der Waals surface area (Å²) in [6.45, 7) is 0.654. The number of benzene rings is 3. The Morgan fingerprint density at radius 1 is 0.806 bits per heavy atom. The first-order valence-electron chi connectivity index (χ1n) is 10.6. The highest BCUT2D eigenvalue weighted by Crippen LogP contribution is 2.43. The van der Waals surface area contributed by atoms with E-state index in [2.05, 4.69) is 39.8 Å². The summed E-state index contributed by atoms with van der Waals surface area (Å²) in [5, 5.41) is 11.4. The van der Waals surface area contributed by atoms with Gasteiger partial charge in [-0.05, 0) is 54.8 Å². The van der Waals surface area contributed by atoms with E-state index in [0.717, 1.165) is 24.0 Å². The second-order valence-electron chi connectivity index (χ2n) is 8.04. The number of amides is 1. The smallest absolute Gasteiger partial charge is 0.251 e. The molecule has 1 saturated carbocycles. The van der Waals surface area contributed by atoms with Gasteiger partial charge in [-0.3, -0.25) is 4.79 Å². The van der Waals surface area contributed by atoms with Crippen LogP contribution in [-0.4, -0.2) is 22.6 Å². The van der Waals surface area contributed by atoms with E-state index in [4.69, 9.17) is 4.42 Å². The van der Waals surface area contributed by atoms with Crippen molar-refractivity contribution in [2.45, 2.75) is 24.7 Å². The Balaban J connectivity index is 1.26. The van der Waals surface area contributed by atoms with Crippen LogP contribution in [0.25, 0.3) is 22.9 Å². The van der Waals surface area contributed by atoms with Gasteiger partial charge >= 0.3 is 0 Å². The first kappa shape index (κ1) is 19.2. The number of hydrogen-bond acceptors (Lipinski definition) is 4. The zero-order valence-electron chi connectivity index (χ0n) is 17.1. The summed E-state index contributed by atoms with van der Waals surface area (Å²) < 4.78 is 5.80. The van der Waals surface area contributed by atoms with Gasteiger partial charge in [0, 0.05) is 28.7 Å². The lowest BCUT2D eigenvalue weighted by atomic mass is 9.64. The summed E-state index contributed by atoms with van der Waals surface area (Å²) >= 11 is 0. The van der Waals surface area contributed by atoms with Crippen LogP contribution in [0.4, 0.5) is 0 Å². The van der Waals surface area contributed by atoms with Crippen LogP contribution in [0.15, 0.2) is 89.3 Å². The maximum atomic E-state index is 12.7. The van der Waals surface area contributed by atoms with E-state index in [1.807, 2.05) is 48.5 Å². The maximum absolute atomic E-state index is 12.7. The zero-order valence-corrected chi connectivity index (χ0v) is 17.1. The Kier molecular flexibility index (Phi) is 5.08. The first-order chi connectivity index (χ1) is 15.2. The quantitative estimate of drug-likeness (QED) is 0.472. The van der Waals surface area contributed by atoms with E-state index in [-0.39, 0.29) is 11.3 Å². The van der Waals surface area contributed by atoms with Crippen LogP contribution in [0.5, 0.6) is 0 Å². The number of aromatic nitrogens is 2. The number of carbonyl (C=O) groups is 1. The van der Waals surface area contributed by atoms with Gasteiger partial charge in [0.05, 0.1) is 0 Å². The highest BCUT2D eigenvalue weighted by Gasteiger charge is 2.38. The fourth-order valence-corrected chi connectivity index (χ4v) is 4.12. The van der Waals surface area contributed by atoms with Gasteiger partial charge in [0.25, 0.3) is 5.91 Å². The lowest BCUT2D eigenvalue weighted by Gasteiger charge is -2.42. The lowest BCUT2D eigenvalue weighted by Crippen LogP contribution is -2.45. The van der Waals surface area contributed by atoms with Crippen molar-refractivity contribution in [2.75, 3.05) is 6.54 Å². The monoisotopic (exact) mass is 409 g/mol. The molecule has 0 atom stereocenters. The van der Waals surface area contributed by atoms with Crippen LogP contribution in [0, 0.1) is 0 Å². The van der Waals surface area contributed by atoms with E-state index in [1.165, 1.54) is 12.0 Å². The van der Waals surface area contributed by atoms with Crippen LogP contribution in [0.1, 0.15) is 35.2 Å². The SMILES string of the molecule is O=C(NCC1(c2ccccc2)CCC1)c1ccc(-c2nnc(-c3ccccc3)o2)cc1. The fourth-order valence-electron chi connectivity index (χ4n) is 4.12. The van der Waals surface area contributed by atoms with Crippen molar-refractivity contribution in [3.63, 3.8) is 0 Å². The molecule has 0 bridgehead atoms. The third-order valence-electron chi connectivity index (χ3n) is 6.12. The number of nitrogens with one attached hydrogen (secondary N) is 1. The Labute approximate surface area is 181 Å². The average molecular weight is 409 g/mol. The summed E-state index contributed by atoms with van der Waals surface area (Å²) in [7, 11) is 0. The van der Waals surface area contributed by atoms with Gasteiger partial charge in [0.1, 0.15) is 0 Å². The Morgan fingerprint density at radius 2 is 1.39 bits per heavy atom. The minimum atomic E-state index is -0.0655. The van der Waals surface area contributed by atoms with Crippen molar-refractivity contribution in [3.8, 4) is 22.9 Å². The van der Waals surface area contributed by atoms with Crippen molar-refractivity contribution >= 4 is 5.91 Å². The van der Waals surface area contributed by atoms with Crippen molar-refractivity contribution in [2.24, 2.45) is 0 Å². The molecule has 0 spiro atoms. The van der Waals surface area contributed by atoms with Crippen LogP contribution in [0.2, 0.25) is 0 Å². The second kappa shape index (κ2) is 8.19. The molecule has 1 amide bonds. The Morgan fingerprint density at radius 3 is 1.97 bits per heavy atom. The van der Waals surface area contributed by atoms with Gasteiger partial charge < -0.3 is 9.73 Å². The molecule has 5 heteroatoms. The molecule has 154 valence electrons. The largest absolute Gasteiger partial charge is 0.416 e. The molecule has 4 aromatic rings. The zero-order chi connectivity index (χ0) is 21.1. The standard InChI is InChI=1S/C26H23N3O2/c30-23(27-18-26(16-7-17-26)22-10-5-2-6-11-22)19-12-14-21(15-13-19)25-29-28-24(31-25)20-8-3-1-4-9-20/h1-6,8-15H,7,16-18H2,(H,27,30). The van der Waals surface area contributed by atoms with Gasteiger partial charge in [-0.15, -0.1) is 10.2 Å². The second-order valence-corrected chi connectivity index (χ2v) is 8.04. The third kappa shape index (κ3) is 3.87. The highest BCUT2D eigenvalue weighted by molar-refractivity contribution is 5.94. The highest BCUT2D eigenvalue weighted by atomic mass is 16.4. The molecule has 5 nitrogen and oxygen atoms in total. The van der Waals surface area contributed by atoms with Crippen molar-refractivity contribution in [1.82, 2.24) is 15.5 Å². The average Bonchev–Trinajstić information content (AvgIpc) is 3.30. The summed E-state index contributed by atoms with van der Waals surface area (Å²) in [5.41, 5.74) is 3.65. The molecule has 1 N–H and O–H groups in total. The number of rotatable bonds is 6. The number of carbonyl (C=O) groups excluding carboxylic acids is 1. The molecule has 1 heterocycles. The molecule has 3 aromatic carbocycles. The predicted octanol–water partition coefficient (Wildman–Crippen LogP) is 5.26. The normalized spacial score (nSPS) is 14.6.